The van der Waals surface area contributed by atoms with Crippen molar-refractivity contribution in [3.05, 3.63) is 34.5 Å². The van der Waals surface area contributed by atoms with Gasteiger partial charge in [-0.3, -0.25) is 9.69 Å². The van der Waals surface area contributed by atoms with Gasteiger partial charge in [0, 0.05) is 19.5 Å². The summed E-state index contributed by atoms with van der Waals surface area (Å²) < 4.78 is 32.8. The van der Waals surface area contributed by atoms with Crippen LogP contribution in [-0.2, 0) is 14.3 Å². The summed E-state index contributed by atoms with van der Waals surface area (Å²) in [5.74, 6) is -1.41. The lowest BCUT2D eigenvalue weighted by molar-refractivity contribution is -0.122. The zero-order chi connectivity index (χ0) is 22.3. The molecule has 0 radical (unpaired) electrons. The lowest BCUT2D eigenvalue weighted by Crippen LogP contribution is -2.48. The van der Waals surface area contributed by atoms with Crippen LogP contribution < -0.4 is 4.90 Å². The van der Waals surface area contributed by atoms with Crippen molar-refractivity contribution in [2.45, 2.75) is 51.4 Å². The second-order valence-electron chi connectivity index (χ2n) is 7.91. The molecule has 1 fully saturated rings. The Kier molecular flexibility index (Phi) is 6.09. The summed E-state index contributed by atoms with van der Waals surface area (Å²) in [6.07, 6.45) is -1.39. The van der Waals surface area contributed by atoms with Gasteiger partial charge in [-0.15, -0.1) is 0 Å². The summed E-state index contributed by atoms with van der Waals surface area (Å²) >= 11 is 5.68. The van der Waals surface area contributed by atoms with Crippen LogP contribution in [0.4, 0.5) is 19.3 Å². The van der Waals surface area contributed by atoms with Gasteiger partial charge in [0.1, 0.15) is 40.5 Å². The fraction of sp³-hybridized carbons (Fsp3) is 0.474. The average molecular weight is 431 g/mol. The fourth-order valence-electron chi connectivity index (χ4n) is 2.98. The molecule has 1 aliphatic heterocycles. The van der Waals surface area contributed by atoms with Crippen LogP contribution in [0.5, 0.6) is 0 Å². The zero-order valence-electron chi connectivity index (χ0n) is 16.5. The monoisotopic (exact) mass is 430 g/mol. The van der Waals surface area contributed by atoms with Gasteiger partial charge >= 0.3 is 6.09 Å². The summed E-state index contributed by atoms with van der Waals surface area (Å²) in [6.45, 7) is 6.00. The molecule has 1 aliphatic rings. The molecule has 0 unspecified atom stereocenters. The maximum absolute atomic E-state index is 14.2. The third-order valence-corrected chi connectivity index (χ3v) is 4.60. The van der Waals surface area contributed by atoms with E-state index in [1.807, 2.05) is 0 Å². The van der Waals surface area contributed by atoms with Crippen LogP contribution >= 0.6 is 11.6 Å². The molecule has 0 spiro atoms. The SMILES string of the molecule is CN(C(=O)[C@@H]1C[C@](C)(O)C(=C=O)N1C(=O)OC(C)(C)C)c1cc(Cl)c(F)cc1F. The van der Waals surface area contributed by atoms with Crippen molar-refractivity contribution in [1.29, 1.82) is 0 Å². The molecule has 29 heavy (non-hydrogen) atoms. The number of carbonyl (C=O) groups excluding carboxylic acids is 3. The number of likely N-dealkylation sites (tertiary alicyclic amines) is 1. The van der Waals surface area contributed by atoms with Gasteiger partial charge in [-0.2, -0.15) is 0 Å². The first kappa shape index (κ1) is 22.8. The Hall–Kier alpha value is -2.48. The summed E-state index contributed by atoms with van der Waals surface area (Å²) in [4.78, 5) is 38.6. The lowest BCUT2D eigenvalue weighted by atomic mass is 10.00. The van der Waals surface area contributed by atoms with E-state index in [-0.39, 0.29) is 12.1 Å². The highest BCUT2D eigenvalue weighted by atomic mass is 35.5. The molecule has 2 atom stereocenters. The number of halogens is 3. The fourth-order valence-corrected chi connectivity index (χ4v) is 3.14. The van der Waals surface area contributed by atoms with E-state index in [4.69, 9.17) is 16.3 Å². The number of rotatable bonds is 2. The second kappa shape index (κ2) is 7.74. The van der Waals surface area contributed by atoms with E-state index in [1.54, 1.807) is 20.8 Å². The number of anilines is 1. The van der Waals surface area contributed by atoms with Crippen molar-refractivity contribution in [3.8, 4) is 0 Å². The van der Waals surface area contributed by atoms with Crippen LogP contribution in [0.25, 0.3) is 0 Å². The van der Waals surface area contributed by atoms with E-state index in [0.717, 1.165) is 11.0 Å². The molecule has 0 aromatic heterocycles. The van der Waals surface area contributed by atoms with E-state index < -0.39 is 51.6 Å². The first-order valence-electron chi connectivity index (χ1n) is 8.62. The van der Waals surface area contributed by atoms with Crippen molar-refractivity contribution >= 4 is 35.2 Å². The zero-order valence-corrected chi connectivity index (χ0v) is 17.3. The molecule has 0 saturated carbocycles. The molecule has 0 aliphatic carbocycles. The van der Waals surface area contributed by atoms with Crippen molar-refractivity contribution in [2.24, 2.45) is 0 Å². The Bertz CT molecular complexity index is 907. The Morgan fingerprint density at radius 3 is 2.45 bits per heavy atom. The molecule has 1 aromatic carbocycles. The minimum atomic E-state index is -1.85. The maximum atomic E-state index is 14.2. The molecular weight excluding hydrogens is 410 g/mol. The third kappa shape index (κ3) is 4.58. The molecule has 7 nitrogen and oxygen atoms in total. The van der Waals surface area contributed by atoms with Gasteiger partial charge in [-0.25, -0.2) is 18.4 Å². The molecule has 0 bridgehead atoms. The number of hydrogen-bond donors (Lipinski definition) is 1. The molecule has 1 heterocycles. The van der Waals surface area contributed by atoms with Crippen LogP contribution in [0.15, 0.2) is 17.8 Å². The molecule has 1 N–H and O–H groups in total. The van der Waals surface area contributed by atoms with Crippen molar-refractivity contribution < 1.29 is 33.0 Å². The lowest BCUT2D eigenvalue weighted by Gasteiger charge is -2.30. The average Bonchev–Trinajstić information content (AvgIpc) is 2.85. The standard InChI is InChI=1S/C19H21ClF2N2O5/c1-18(2,3)29-17(27)24-14(8-19(4,28)15(24)9-25)16(26)23(5)13-6-10(20)11(21)7-12(13)22/h6-7,14,28H,8H2,1-5H3/t14-,19-/m0/s1. The quantitative estimate of drug-likeness (QED) is 0.575. The third-order valence-electron chi connectivity index (χ3n) is 4.31. The number of likely N-dealkylation sites (N-methyl/N-ethyl adjacent to an activating group) is 1. The van der Waals surface area contributed by atoms with Crippen LogP contribution in [0.3, 0.4) is 0 Å². The summed E-state index contributed by atoms with van der Waals surface area (Å²) in [7, 11) is 1.19. The highest BCUT2D eigenvalue weighted by Crippen LogP contribution is 2.38. The molecule has 158 valence electrons. The molecular formula is C19H21ClF2N2O5. The van der Waals surface area contributed by atoms with Gasteiger partial charge in [0.2, 0.25) is 5.91 Å². The summed E-state index contributed by atoms with van der Waals surface area (Å²) in [5.41, 5.74) is -3.61. The van der Waals surface area contributed by atoms with Crippen molar-refractivity contribution in [2.75, 3.05) is 11.9 Å². The number of ether oxygens (including phenoxy) is 1. The smallest absolute Gasteiger partial charge is 0.415 e. The molecule has 2 amide bonds. The Morgan fingerprint density at radius 2 is 1.93 bits per heavy atom. The molecule has 10 heteroatoms. The molecule has 2 rings (SSSR count). The van der Waals surface area contributed by atoms with E-state index >= 15 is 0 Å². The molecule has 1 aromatic rings. The number of benzene rings is 1. The summed E-state index contributed by atoms with van der Waals surface area (Å²) in [5, 5.41) is 10.1. The first-order valence-corrected chi connectivity index (χ1v) is 8.99. The van der Waals surface area contributed by atoms with Gasteiger partial charge in [0.15, 0.2) is 0 Å². The largest absolute Gasteiger partial charge is 0.443 e. The minimum absolute atomic E-state index is 0.339. The highest BCUT2D eigenvalue weighted by Gasteiger charge is 2.52. The number of nitrogens with zero attached hydrogens (tertiary/aromatic N) is 2. The molecule has 1 saturated heterocycles. The minimum Gasteiger partial charge on any atom is -0.443 e. The second-order valence-corrected chi connectivity index (χ2v) is 8.32. The number of carbonyl (C=O) groups is 2. The van der Waals surface area contributed by atoms with E-state index in [1.165, 1.54) is 19.9 Å². The predicted octanol–water partition coefficient (Wildman–Crippen LogP) is 3.06. The number of amides is 2. The van der Waals surface area contributed by atoms with Gasteiger partial charge in [0.05, 0.1) is 10.7 Å². The normalized spacial score (nSPS) is 21.8. The number of aliphatic hydroxyl groups is 1. The Balaban J connectivity index is 2.46. The maximum Gasteiger partial charge on any atom is 0.415 e. The highest BCUT2D eigenvalue weighted by molar-refractivity contribution is 6.31. The predicted molar refractivity (Wildman–Crippen MR) is 101 cm³/mol. The van der Waals surface area contributed by atoms with Crippen molar-refractivity contribution in [3.63, 3.8) is 0 Å². The number of hydrogen-bond acceptors (Lipinski definition) is 5. The topological polar surface area (TPSA) is 87.2 Å². The van der Waals surface area contributed by atoms with Gasteiger partial charge < -0.3 is 14.7 Å². The van der Waals surface area contributed by atoms with Crippen LogP contribution in [-0.4, -0.2) is 52.2 Å². The van der Waals surface area contributed by atoms with Gasteiger partial charge in [-0.05, 0) is 33.8 Å². The van der Waals surface area contributed by atoms with Crippen LogP contribution in [0.1, 0.15) is 34.1 Å². The van der Waals surface area contributed by atoms with Crippen LogP contribution in [0.2, 0.25) is 5.02 Å². The van der Waals surface area contributed by atoms with Crippen molar-refractivity contribution in [1.82, 2.24) is 4.90 Å². The van der Waals surface area contributed by atoms with Crippen LogP contribution in [0, 0.1) is 11.6 Å². The van der Waals surface area contributed by atoms with E-state index in [9.17, 15) is 28.3 Å². The van der Waals surface area contributed by atoms with E-state index in [2.05, 4.69) is 0 Å². The Morgan fingerprint density at radius 1 is 1.34 bits per heavy atom. The van der Waals surface area contributed by atoms with E-state index in [0.29, 0.717) is 11.0 Å². The first-order chi connectivity index (χ1) is 13.2. The Labute approximate surface area is 171 Å². The summed E-state index contributed by atoms with van der Waals surface area (Å²) in [6, 6.07) is 0.0599. The van der Waals surface area contributed by atoms with Gasteiger partial charge in [-0.1, -0.05) is 11.6 Å². The van der Waals surface area contributed by atoms with Gasteiger partial charge in [0.25, 0.3) is 0 Å².